The molecule has 1 atom stereocenters. The molecule has 26 heavy (non-hydrogen) atoms. The van der Waals surface area contributed by atoms with E-state index < -0.39 is 0 Å². The largest absolute Gasteiger partial charge is 0.497 e. The van der Waals surface area contributed by atoms with Crippen molar-refractivity contribution in [2.45, 2.75) is 25.7 Å². The van der Waals surface area contributed by atoms with E-state index in [0.717, 1.165) is 29.0 Å². The molecule has 1 aliphatic heterocycles. The minimum absolute atomic E-state index is 0.00901. The van der Waals surface area contributed by atoms with E-state index in [-0.39, 0.29) is 17.7 Å². The van der Waals surface area contributed by atoms with Gasteiger partial charge in [-0.3, -0.25) is 9.59 Å². The van der Waals surface area contributed by atoms with Gasteiger partial charge in [-0.05, 0) is 48.6 Å². The van der Waals surface area contributed by atoms with Crippen LogP contribution in [0.5, 0.6) is 5.75 Å². The van der Waals surface area contributed by atoms with Crippen LogP contribution in [-0.4, -0.2) is 25.5 Å². The van der Waals surface area contributed by atoms with E-state index in [1.54, 1.807) is 7.11 Å². The third-order valence-corrected chi connectivity index (χ3v) is 4.73. The molecule has 0 spiro atoms. The number of amides is 2. The van der Waals surface area contributed by atoms with Crippen LogP contribution in [-0.2, 0) is 22.4 Å². The molecule has 0 aliphatic carbocycles. The molecule has 2 aromatic rings. The number of fused-ring (bicyclic) bond motifs is 1. The molecule has 0 aromatic heterocycles. The third kappa shape index (κ3) is 4.63. The van der Waals surface area contributed by atoms with Crippen molar-refractivity contribution < 1.29 is 14.3 Å². The summed E-state index contributed by atoms with van der Waals surface area (Å²) in [5, 5.41) is 5.86. The summed E-state index contributed by atoms with van der Waals surface area (Å²) in [6.45, 7) is 0.588. The number of rotatable bonds is 7. The minimum atomic E-state index is -0.141. The number of anilines is 1. The number of carbonyl (C=O) groups is 2. The molecule has 1 aliphatic rings. The van der Waals surface area contributed by atoms with Crippen LogP contribution in [0.3, 0.4) is 0 Å². The number of methoxy groups -OCH3 is 1. The molecule has 0 saturated heterocycles. The maximum absolute atomic E-state index is 12.2. The second-order valence-corrected chi connectivity index (χ2v) is 6.53. The highest BCUT2D eigenvalue weighted by Crippen LogP contribution is 2.27. The molecule has 2 amide bonds. The van der Waals surface area contributed by atoms with Crippen LogP contribution in [0, 0.1) is 5.92 Å². The Morgan fingerprint density at radius 2 is 1.96 bits per heavy atom. The van der Waals surface area contributed by atoms with E-state index in [0.29, 0.717) is 25.8 Å². The molecule has 0 radical (unpaired) electrons. The lowest BCUT2D eigenvalue weighted by molar-refractivity contribution is -0.122. The van der Waals surface area contributed by atoms with Gasteiger partial charge in [0.15, 0.2) is 0 Å². The Labute approximate surface area is 153 Å². The maximum atomic E-state index is 12.2. The Balaban J connectivity index is 1.40. The second-order valence-electron chi connectivity index (χ2n) is 6.53. The first kappa shape index (κ1) is 18.0. The first-order chi connectivity index (χ1) is 12.7. The van der Waals surface area contributed by atoms with Crippen molar-refractivity contribution in [3.05, 3.63) is 59.7 Å². The summed E-state index contributed by atoms with van der Waals surface area (Å²) in [5.74, 6) is 0.683. The summed E-state index contributed by atoms with van der Waals surface area (Å²) in [4.78, 5) is 24.2. The van der Waals surface area contributed by atoms with Gasteiger partial charge in [-0.2, -0.15) is 0 Å². The first-order valence-corrected chi connectivity index (χ1v) is 8.94. The average Bonchev–Trinajstić information content (AvgIpc) is 2.67. The smallest absolute Gasteiger partial charge is 0.227 e. The van der Waals surface area contributed by atoms with Crippen LogP contribution >= 0.6 is 0 Å². The fraction of sp³-hybridized carbons (Fsp3) is 0.333. The number of carbonyl (C=O) groups excluding carboxylic acids is 2. The quantitative estimate of drug-likeness (QED) is 0.805. The summed E-state index contributed by atoms with van der Waals surface area (Å²) in [6.07, 6.45) is 2.39. The number of hydrogen-bond donors (Lipinski definition) is 2. The van der Waals surface area contributed by atoms with Gasteiger partial charge in [0.25, 0.3) is 0 Å². The number of hydrogen-bond acceptors (Lipinski definition) is 3. The topological polar surface area (TPSA) is 67.4 Å². The summed E-state index contributed by atoms with van der Waals surface area (Å²) in [7, 11) is 1.64. The normalized spacial score (nSPS) is 15.7. The molecule has 2 aromatic carbocycles. The highest BCUT2D eigenvalue weighted by Gasteiger charge is 2.26. The van der Waals surface area contributed by atoms with E-state index in [9.17, 15) is 9.59 Å². The zero-order valence-corrected chi connectivity index (χ0v) is 15.0. The standard InChI is InChI=1S/C21H24N2O3/c1-26-18-9-6-15(7-10-18)12-13-22-20(24)11-8-17-14-16-4-2-3-5-19(16)23-21(17)25/h2-7,9-10,17H,8,11-14H2,1H3,(H,22,24)(H,23,25)/t17-/m0/s1. The lowest BCUT2D eigenvalue weighted by Crippen LogP contribution is -2.32. The van der Waals surface area contributed by atoms with Crippen LogP contribution in [0.1, 0.15) is 24.0 Å². The zero-order valence-electron chi connectivity index (χ0n) is 15.0. The van der Waals surface area contributed by atoms with Crippen LogP contribution in [0.2, 0.25) is 0 Å². The first-order valence-electron chi connectivity index (χ1n) is 8.94. The average molecular weight is 352 g/mol. The van der Waals surface area contributed by atoms with Crippen molar-refractivity contribution in [2.75, 3.05) is 19.0 Å². The summed E-state index contributed by atoms with van der Waals surface area (Å²) < 4.78 is 5.13. The predicted molar refractivity (Wildman–Crippen MR) is 101 cm³/mol. The molecule has 5 nitrogen and oxygen atoms in total. The number of ether oxygens (including phenoxy) is 1. The fourth-order valence-corrected chi connectivity index (χ4v) is 3.18. The number of nitrogens with one attached hydrogen (secondary N) is 2. The monoisotopic (exact) mass is 352 g/mol. The van der Waals surface area contributed by atoms with Crippen molar-refractivity contribution in [1.82, 2.24) is 5.32 Å². The molecule has 1 heterocycles. The molecule has 136 valence electrons. The Morgan fingerprint density at radius 1 is 1.19 bits per heavy atom. The van der Waals surface area contributed by atoms with Crippen molar-refractivity contribution in [2.24, 2.45) is 5.92 Å². The van der Waals surface area contributed by atoms with E-state index in [1.807, 2.05) is 48.5 Å². The molecule has 0 saturated carbocycles. The molecule has 0 fully saturated rings. The van der Waals surface area contributed by atoms with Gasteiger partial charge in [0.05, 0.1) is 7.11 Å². The van der Waals surface area contributed by atoms with Crippen LogP contribution in [0.15, 0.2) is 48.5 Å². The van der Waals surface area contributed by atoms with Crippen molar-refractivity contribution >= 4 is 17.5 Å². The third-order valence-electron chi connectivity index (χ3n) is 4.73. The lowest BCUT2D eigenvalue weighted by Gasteiger charge is -2.24. The van der Waals surface area contributed by atoms with Crippen LogP contribution in [0.25, 0.3) is 0 Å². The zero-order chi connectivity index (χ0) is 18.4. The molecular formula is C21H24N2O3. The SMILES string of the molecule is COc1ccc(CCNC(=O)CC[C@H]2Cc3ccccc3NC2=O)cc1. The molecule has 0 unspecified atom stereocenters. The Kier molecular flexibility index (Phi) is 5.89. The molecule has 3 rings (SSSR count). The van der Waals surface area contributed by atoms with E-state index in [4.69, 9.17) is 4.74 Å². The highest BCUT2D eigenvalue weighted by atomic mass is 16.5. The van der Waals surface area contributed by atoms with E-state index >= 15 is 0 Å². The van der Waals surface area contributed by atoms with Gasteiger partial charge < -0.3 is 15.4 Å². The van der Waals surface area contributed by atoms with Gasteiger partial charge in [-0.1, -0.05) is 30.3 Å². The van der Waals surface area contributed by atoms with Gasteiger partial charge in [0.2, 0.25) is 11.8 Å². The maximum Gasteiger partial charge on any atom is 0.227 e. The van der Waals surface area contributed by atoms with Gasteiger partial charge in [0.1, 0.15) is 5.75 Å². The number of para-hydroxylation sites is 1. The Bertz CT molecular complexity index is 771. The van der Waals surface area contributed by atoms with E-state index in [2.05, 4.69) is 10.6 Å². The highest BCUT2D eigenvalue weighted by molar-refractivity contribution is 5.96. The predicted octanol–water partition coefficient (Wildman–Crippen LogP) is 2.95. The van der Waals surface area contributed by atoms with Crippen LogP contribution < -0.4 is 15.4 Å². The van der Waals surface area contributed by atoms with E-state index in [1.165, 1.54) is 0 Å². The number of benzene rings is 2. The molecular weight excluding hydrogens is 328 g/mol. The summed E-state index contributed by atoms with van der Waals surface area (Å²) >= 11 is 0. The fourth-order valence-electron chi connectivity index (χ4n) is 3.18. The summed E-state index contributed by atoms with van der Waals surface area (Å²) in [6, 6.07) is 15.6. The van der Waals surface area contributed by atoms with Gasteiger partial charge >= 0.3 is 0 Å². The Hall–Kier alpha value is -2.82. The molecule has 0 bridgehead atoms. The Morgan fingerprint density at radius 3 is 2.73 bits per heavy atom. The minimum Gasteiger partial charge on any atom is -0.497 e. The van der Waals surface area contributed by atoms with Gasteiger partial charge in [-0.25, -0.2) is 0 Å². The van der Waals surface area contributed by atoms with Crippen molar-refractivity contribution in [3.63, 3.8) is 0 Å². The van der Waals surface area contributed by atoms with Crippen molar-refractivity contribution in [3.8, 4) is 5.75 Å². The summed E-state index contributed by atoms with van der Waals surface area (Å²) in [5.41, 5.74) is 3.17. The van der Waals surface area contributed by atoms with Crippen molar-refractivity contribution in [1.29, 1.82) is 0 Å². The second kappa shape index (κ2) is 8.52. The van der Waals surface area contributed by atoms with Gasteiger partial charge in [0, 0.05) is 24.6 Å². The van der Waals surface area contributed by atoms with Gasteiger partial charge in [-0.15, -0.1) is 0 Å². The van der Waals surface area contributed by atoms with Crippen LogP contribution in [0.4, 0.5) is 5.69 Å². The lowest BCUT2D eigenvalue weighted by atomic mass is 9.89. The molecule has 2 N–H and O–H groups in total. The molecule has 5 heteroatoms.